The van der Waals surface area contributed by atoms with Gasteiger partial charge in [0.25, 0.3) is 0 Å². The number of halogens is 1. The van der Waals surface area contributed by atoms with E-state index in [2.05, 4.69) is 6.92 Å². The summed E-state index contributed by atoms with van der Waals surface area (Å²) in [7, 11) is 0. The van der Waals surface area contributed by atoms with Gasteiger partial charge < -0.3 is 0 Å². The first kappa shape index (κ1) is 11.0. The maximum Gasteiger partial charge on any atom is 0.0922 e. The number of hydrogen-bond donors (Lipinski definition) is 0. The molecule has 0 saturated heterocycles. The topological polar surface area (TPSA) is 0 Å². The molecule has 0 bridgehead atoms. The number of unbranched alkanes of at least 4 members (excludes halogenated alkanes) is 2. The van der Waals surface area contributed by atoms with E-state index in [9.17, 15) is 4.39 Å². The molecule has 1 saturated carbocycles. The molecule has 1 rings (SSSR count). The Balaban J connectivity index is 2.11. The lowest BCUT2D eigenvalue weighted by atomic mass is 9.79. The van der Waals surface area contributed by atoms with Crippen LogP contribution in [-0.2, 0) is 0 Å². The van der Waals surface area contributed by atoms with Crippen molar-refractivity contribution in [3.63, 3.8) is 0 Å². The Kier molecular flexibility index (Phi) is 5.41. The van der Waals surface area contributed by atoms with E-state index in [0.717, 1.165) is 12.3 Å². The van der Waals surface area contributed by atoms with E-state index in [0.29, 0.717) is 5.92 Å². The monoisotopic (exact) mass is 186 g/mol. The van der Waals surface area contributed by atoms with Crippen LogP contribution < -0.4 is 0 Å². The minimum absolute atomic E-state index is 0.0791. The maximum absolute atomic E-state index is 12.4. The first-order chi connectivity index (χ1) is 6.36. The number of hydrogen-bond acceptors (Lipinski definition) is 0. The molecule has 13 heavy (non-hydrogen) atoms. The fourth-order valence-corrected chi connectivity index (χ4v) is 2.49. The van der Waals surface area contributed by atoms with Crippen LogP contribution in [0.1, 0.15) is 58.3 Å². The van der Waals surface area contributed by atoms with Crippen molar-refractivity contribution >= 4 is 0 Å². The molecule has 1 fully saturated rings. The lowest BCUT2D eigenvalue weighted by Crippen LogP contribution is -2.16. The van der Waals surface area contributed by atoms with Crippen molar-refractivity contribution in [2.24, 2.45) is 11.8 Å². The third-order valence-corrected chi connectivity index (χ3v) is 3.33. The summed E-state index contributed by atoms with van der Waals surface area (Å²) in [5, 5.41) is 0. The second-order valence-electron chi connectivity index (χ2n) is 4.55. The summed E-state index contributed by atoms with van der Waals surface area (Å²) in [4.78, 5) is 0. The molecule has 0 aromatic rings. The van der Waals surface area contributed by atoms with E-state index in [1.807, 2.05) is 0 Å². The first-order valence-corrected chi connectivity index (χ1v) is 5.92. The van der Waals surface area contributed by atoms with E-state index in [1.54, 1.807) is 0 Å². The minimum Gasteiger partial charge on any atom is -0.251 e. The van der Waals surface area contributed by atoms with Crippen molar-refractivity contribution in [3.05, 3.63) is 0 Å². The van der Waals surface area contributed by atoms with Gasteiger partial charge in [-0.25, -0.2) is 0 Å². The Hall–Kier alpha value is -0.0700. The molecule has 0 heterocycles. The van der Waals surface area contributed by atoms with Gasteiger partial charge in [0, 0.05) is 0 Å². The molecule has 1 aliphatic carbocycles. The predicted octanol–water partition coefficient (Wildman–Crippen LogP) is 4.34. The summed E-state index contributed by atoms with van der Waals surface area (Å²) < 4.78 is 12.4. The molecular weight excluding hydrogens is 163 g/mol. The summed E-state index contributed by atoms with van der Waals surface area (Å²) in [6.07, 6.45) is 10.3. The smallest absolute Gasteiger partial charge is 0.0922 e. The van der Waals surface area contributed by atoms with Gasteiger partial charge in [-0.05, 0) is 24.7 Å². The Morgan fingerprint density at radius 3 is 2.62 bits per heavy atom. The molecule has 1 aliphatic rings. The average Bonchev–Trinajstić information content (AvgIpc) is 2.19. The van der Waals surface area contributed by atoms with Gasteiger partial charge >= 0.3 is 0 Å². The molecular formula is C12H23F. The molecule has 2 unspecified atom stereocenters. The van der Waals surface area contributed by atoms with Crippen molar-refractivity contribution in [1.82, 2.24) is 0 Å². The fraction of sp³-hybridized carbons (Fsp3) is 1.00. The van der Waals surface area contributed by atoms with Crippen LogP contribution in [0.5, 0.6) is 0 Å². The van der Waals surface area contributed by atoms with Crippen LogP contribution >= 0.6 is 0 Å². The van der Waals surface area contributed by atoms with Gasteiger partial charge in [-0.15, -0.1) is 0 Å². The highest BCUT2D eigenvalue weighted by Crippen LogP contribution is 2.32. The summed E-state index contributed by atoms with van der Waals surface area (Å²) in [6, 6.07) is 0. The van der Waals surface area contributed by atoms with E-state index in [-0.39, 0.29) is 6.67 Å². The highest BCUT2D eigenvalue weighted by Gasteiger charge is 2.21. The van der Waals surface area contributed by atoms with Crippen molar-refractivity contribution in [3.8, 4) is 0 Å². The van der Waals surface area contributed by atoms with E-state index in [4.69, 9.17) is 0 Å². The standard InChI is InChI=1S/C12H23F/c1-2-3-4-6-11-7-5-8-12(9-11)10-13/h11-12H,2-10H2,1H3. The number of alkyl halides is 1. The van der Waals surface area contributed by atoms with Crippen LogP contribution in [0.4, 0.5) is 4.39 Å². The Bertz CT molecular complexity index is 122. The molecule has 0 aliphatic heterocycles. The van der Waals surface area contributed by atoms with Crippen LogP contribution in [0.2, 0.25) is 0 Å². The summed E-state index contributed by atoms with van der Waals surface area (Å²) >= 11 is 0. The largest absolute Gasteiger partial charge is 0.251 e. The zero-order valence-electron chi connectivity index (χ0n) is 8.90. The first-order valence-electron chi connectivity index (χ1n) is 5.92. The molecule has 0 N–H and O–H groups in total. The zero-order valence-corrected chi connectivity index (χ0v) is 8.90. The molecule has 1 heteroatoms. The second-order valence-corrected chi connectivity index (χ2v) is 4.55. The molecule has 0 spiro atoms. The molecule has 2 atom stereocenters. The van der Waals surface area contributed by atoms with E-state index >= 15 is 0 Å². The second kappa shape index (κ2) is 6.39. The van der Waals surface area contributed by atoms with Gasteiger partial charge in [-0.2, -0.15) is 0 Å². The third kappa shape index (κ3) is 4.10. The van der Waals surface area contributed by atoms with Gasteiger partial charge in [0.2, 0.25) is 0 Å². The lowest BCUT2D eigenvalue weighted by molar-refractivity contribution is 0.212. The zero-order chi connectivity index (χ0) is 9.52. The highest BCUT2D eigenvalue weighted by molar-refractivity contribution is 4.72. The van der Waals surface area contributed by atoms with Gasteiger partial charge in [0.05, 0.1) is 6.67 Å². The maximum atomic E-state index is 12.4. The third-order valence-electron chi connectivity index (χ3n) is 3.33. The van der Waals surface area contributed by atoms with Gasteiger partial charge in [-0.1, -0.05) is 45.4 Å². The summed E-state index contributed by atoms with van der Waals surface area (Å²) in [6.45, 7) is 2.16. The Labute approximate surface area is 81.9 Å². The normalized spacial score (nSPS) is 29.1. The van der Waals surface area contributed by atoms with E-state index < -0.39 is 0 Å². The highest BCUT2D eigenvalue weighted by atomic mass is 19.1. The minimum atomic E-state index is -0.0791. The molecule has 0 amide bonds. The van der Waals surface area contributed by atoms with Gasteiger partial charge in [-0.3, -0.25) is 4.39 Å². The van der Waals surface area contributed by atoms with Crippen molar-refractivity contribution in [2.45, 2.75) is 58.3 Å². The average molecular weight is 186 g/mol. The predicted molar refractivity (Wildman–Crippen MR) is 55.6 cm³/mol. The van der Waals surface area contributed by atoms with E-state index in [1.165, 1.54) is 44.9 Å². The Morgan fingerprint density at radius 2 is 1.92 bits per heavy atom. The van der Waals surface area contributed by atoms with Crippen LogP contribution in [0.25, 0.3) is 0 Å². The molecule has 78 valence electrons. The summed E-state index contributed by atoms with van der Waals surface area (Å²) in [5.41, 5.74) is 0. The molecule has 0 aromatic heterocycles. The van der Waals surface area contributed by atoms with Crippen LogP contribution in [0.15, 0.2) is 0 Å². The van der Waals surface area contributed by atoms with Crippen molar-refractivity contribution in [2.75, 3.05) is 6.67 Å². The lowest BCUT2D eigenvalue weighted by Gasteiger charge is -2.27. The summed E-state index contributed by atoms with van der Waals surface area (Å²) in [5.74, 6) is 1.25. The van der Waals surface area contributed by atoms with Crippen molar-refractivity contribution in [1.29, 1.82) is 0 Å². The SMILES string of the molecule is CCCCCC1CCCC(CF)C1. The van der Waals surface area contributed by atoms with Crippen LogP contribution in [0.3, 0.4) is 0 Å². The molecule has 0 radical (unpaired) electrons. The molecule has 0 nitrogen and oxygen atoms in total. The fourth-order valence-electron chi connectivity index (χ4n) is 2.49. The van der Waals surface area contributed by atoms with Crippen LogP contribution in [0, 0.1) is 11.8 Å². The van der Waals surface area contributed by atoms with Gasteiger partial charge in [0.1, 0.15) is 0 Å². The van der Waals surface area contributed by atoms with Crippen LogP contribution in [-0.4, -0.2) is 6.67 Å². The molecule has 0 aromatic carbocycles. The van der Waals surface area contributed by atoms with Crippen molar-refractivity contribution < 1.29 is 4.39 Å². The Morgan fingerprint density at radius 1 is 1.15 bits per heavy atom. The van der Waals surface area contributed by atoms with Gasteiger partial charge in [0.15, 0.2) is 0 Å². The number of rotatable bonds is 5. The quantitative estimate of drug-likeness (QED) is 0.560.